The molecule has 0 bridgehead atoms. The highest BCUT2D eigenvalue weighted by Crippen LogP contribution is 2.66. The molecule has 0 aromatic carbocycles. The number of hydrogen-bond acceptors (Lipinski definition) is 9. The summed E-state index contributed by atoms with van der Waals surface area (Å²) in [6.45, 7) is 2.34. The lowest BCUT2D eigenvalue weighted by Crippen LogP contribution is -2.61. The number of nitrogens with one attached hydrogen (secondary N) is 1. The monoisotopic (exact) mass is 547 g/mol. The number of carbonyl (C=O) groups excluding carboxylic acids is 5. The van der Waals surface area contributed by atoms with Crippen LogP contribution in [0.5, 0.6) is 0 Å². The number of carboxylic acids is 1. The highest BCUT2D eigenvalue weighted by atomic mass is 16.5. The van der Waals surface area contributed by atoms with Crippen LogP contribution in [-0.2, 0) is 33.5 Å². The molecule has 4 aliphatic carbocycles. The molecule has 11 heteroatoms. The molecule has 4 rings (SSSR count). The molecule has 0 heterocycles. The molecule has 7 atom stereocenters. The first-order valence-corrected chi connectivity index (χ1v) is 13.6. The van der Waals surface area contributed by atoms with Gasteiger partial charge in [0.05, 0.1) is 13.0 Å². The Morgan fingerprint density at radius 1 is 1.10 bits per heavy atom. The Balaban J connectivity index is 1.39. The maximum absolute atomic E-state index is 13.7. The molecule has 214 valence electrons. The van der Waals surface area contributed by atoms with Crippen molar-refractivity contribution in [1.82, 2.24) is 5.32 Å². The third-order valence-corrected chi connectivity index (χ3v) is 10.0. The molecule has 0 spiro atoms. The number of esters is 1. The maximum Gasteiger partial charge on any atom is 0.328 e. The second-order valence-electron chi connectivity index (χ2n) is 12.0. The summed E-state index contributed by atoms with van der Waals surface area (Å²) < 4.78 is 5.05. The third-order valence-electron chi connectivity index (χ3n) is 10.0. The molecule has 1 amide bonds. The lowest BCUT2D eigenvalue weighted by Gasteiger charge is -2.57. The molecule has 3 saturated carbocycles. The van der Waals surface area contributed by atoms with Gasteiger partial charge >= 0.3 is 11.9 Å². The van der Waals surface area contributed by atoms with E-state index in [1.165, 1.54) is 0 Å². The quantitative estimate of drug-likeness (QED) is 0.302. The van der Waals surface area contributed by atoms with Crippen LogP contribution in [0.4, 0.5) is 0 Å². The van der Waals surface area contributed by atoms with Gasteiger partial charge in [-0.3, -0.25) is 24.0 Å². The van der Waals surface area contributed by atoms with Gasteiger partial charge in [0.15, 0.2) is 12.4 Å². The van der Waals surface area contributed by atoms with E-state index in [1.54, 1.807) is 13.0 Å². The van der Waals surface area contributed by atoms with Crippen molar-refractivity contribution in [2.45, 2.75) is 83.3 Å². The number of Topliss-reactive ketones (excluding diaryl/α,β-unsaturated/α-hetero) is 2. The second kappa shape index (κ2) is 10.6. The topological polar surface area (TPSA) is 184 Å². The van der Waals surface area contributed by atoms with E-state index >= 15 is 0 Å². The van der Waals surface area contributed by atoms with Gasteiger partial charge in [-0.1, -0.05) is 19.4 Å². The van der Waals surface area contributed by atoms with Gasteiger partial charge in [-0.05, 0) is 55.4 Å². The lowest BCUT2D eigenvalue weighted by atomic mass is 9.46. The Labute approximate surface area is 226 Å². The summed E-state index contributed by atoms with van der Waals surface area (Å²) in [6, 6.07) is -1.49. The van der Waals surface area contributed by atoms with Crippen LogP contribution in [0.2, 0.25) is 0 Å². The largest absolute Gasteiger partial charge is 0.480 e. The molecule has 4 N–H and O–H groups in total. The zero-order valence-electron chi connectivity index (χ0n) is 22.4. The lowest BCUT2D eigenvalue weighted by molar-refractivity contribution is -0.173. The number of carboxylic acid groups (broad SMARTS) is 1. The average molecular weight is 548 g/mol. The van der Waals surface area contributed by atoms with Crippen LogP contribution in [0.1, 0.15) is 71.6 Å². The van der Waals surface area contributed by atoms with Crippen LogP contribution in [-0.4, -0.2) is 75.4 Å². The van der Waals surface area contributed by atoms with Crippen LogP contribution in [0.25, 0.3) is 0 Å². The maximum atomic E-state index is 13.7. The van der Waals surface area contributed by atoms with Gasteiger partial charge in [0.25, 0.3) is 0 Å². The summed E-state index contributed by atoms with van der Waals surface area (Å²) in [5, 5.41) is 31.6. The van der Waals surface area contributed by atoms with Gasteiger partial charge in [0.1, 0.15) is 17.4 Å². The number of amides is 1. The number of fused-ring (bicyclic) bond motifs is 5. The van der Waals surface area contributed by atoms with E-state index in [9.17, 15) is 33.9 Å². The van der Waals surface area contributed by atoms with Crippen molar-refractivity contribution in [3.05, 3.63) is 11.6 Å². The molecule has 0 aromatic heterocycles. The van der Waals surface area contributed by atoms with E-state index in [0.29, 0.717) is 32.1 Å². The highest BCUT2D eigenvalue weighted by molar-refractivity contribution is 5.95. The standard InChI is InChI=1S/C28H37NO10/c1-26-9-7-16(31)11-15(26)3-4-17-18-8-10-28(38,27(18,2)12-20(32)24(17)26)21(33)14-39-23(35)6-5-22(34)29-19(13-30)25(36)37/h11,17-19,24,30,38H,3-10,12-14H2,1-2H3,(H,29,34)(H,36,37)/t17?,18?,19?,24?,26-,27-,28-/m0/s1. The Bertz CT molecular complexity index is 1130. The Morgan fingerprint density at radius 3 is 2.49 bits per heavy atom. The molecule has 0 aliphatic heterocycles. The normalized spacial score (nSPS) is 36.1. The molecule has 0 radical (unpaired) electrons. The molecule has 39 heavy (non-hydrogen) atoms. The summed E-state index contributed by atoms with van der Waals surface area (Å²) in [5.74, 6) is -3.99. The van der Waals surface area contributed by atoms with E-state index in [0.717, 1.165) is 5.57 Å². The van der Waals surface area contributed by atoms with Gasteiger partial charge < -0.3 is 25.4 Å². The molecule has 3 fully saturated rings. The van der Waals surface area contributed by atoms with Crippen molar-refractivity contribution in [1.29, 1.82) is 0 Å². The van der Waals surface area contributed by atoms with E-state index in [4.69, 9.17) is 14.9 Å². The van der Waals surface area contributed by atoms with Gasteiger partial charge in [-0.15, -0.1) is 0 Å². The van der Waals surface area contributed by atoms with Crippen LogP contribution in [0, 0.1) is 28.6 Å². The minimum Gasteiger partial charge on any atom is -0.480 e. The average Bonchev–Trinajstić information content (AvgIpc) is 3.15. The number of aliphatic hydroxyl groups is 2. The fraction of sp³-hybridized carbons (Fsp3) is 0.714. The molecular weight excluding hydrogens is 510 g/mol. The minimum atomic E-state index is -1.84. The van der Waals surface area contributed by atoms with Gasteiger partial charge in [-0.2, -0.15) is 0 Å². The first-order valence-electron chi connectivity index (χ1n) is 13.6. The van der Waals surface area contributed by atoms with Crippen LogP contribution >= 0.6 is 0 Å². The van der Waals surface area contributed by atoms with E-state index < -0.39 is 66.7 Å². The SMILES string of the molecule is C[C@]12CCC(=O)C=C1CCC1C2C(=O)C[C@@]2(C)C1CC[C@]2(O)C(=O)COC(=O)CCC(=O)NC(CO)C(=O)O. The number of ether oxygens (including phenoxy) is 1. The smallest absolute Gasteiger partial charge is 0.328 e. The Kier molecular flexibility index (Phi) is 7.88. The predicted molar refractivity (Wildman–Crippen MR) is 134 cm³/mol. The van der Waals surface area contributed by atoms with Crippen molar-refractivity contribution in [3.63, 3.8) is 0 Å². The minimum absolute atomic E-state index is 0.000115. The number of aliphatic hydroxyl groups excluding tert-OH is 1. The van der Waals surface area contributed by atoms with Crippen molar-refractivity contribution in [3.8, 4) is 0 Å². The summed E-state index contributed by atoms with van der Waals surface area (Å²) >= 11 is 0. The molecule has 0 saturated heterocycles. The van der Waals surface area contributed by atoms with E-state index in [2.05, 4.69) is 12.2 Å². The fourth-order valence-electron chi connectivity index (χ4n) is 7.85. The first-order chi connectivity index (χ1) is 18.3. The fourth-order valence-corrected chi connectivity index (χ4v) is 7.85. The third kappa shape index (κ3) is 4.95. The van der Waals surface area contributed by atoms with Gasteiger partial charge in [-0.25, -0.2) is 4.79 Å². The number of rotatable bonds is 9. The zero-order valence-corrected chi connectivity index (χ0v) is 22.4. The number of allylic oxidation sites excluding steroid dienone is 1. The van der Waals surface area contributed by atoms with E-state index in [1.807, 2.05) is 0 Å². The van der Waals surface area contributed by atoms with Crippen molar-refractivity contribution >= 4 is 35.2 Å². The van der Waals surface area contributed by atoms with Crippen LogP contribution < -0.4 is 5.32 Å². The number of hydrogen-bond donors (Lipinski definition) is 4. The second-order valence-corrected chi connectivity index (χ2v) is 12.0. The zero-order chi connectivity index (χ0) is 28.8. The number of ketones is 3. The Hall–Kier alpha value is -2.92. The molecule has 11 nitrogen and oxygen atoms in total. The molecule has 0 aromatic rings. The molecule has 4 aliphatic rings. The van der Waals surface area contributed by atoms with Crippen LogP contribution in [0.3, 0.4) is 0 Å². The first kappa shape index (κ1) is 29.1. The van der Waals surface area contributed by atoms with Gasteiger partial charge in [0.2, 0.25) is 11.7 Å². The predicted octanol–water partition coefficient (Wildman–Crippen LogP) is 0.883. The van der Waals surface area contributed by atoms with Crippen molar-refractivity contribution in [2.24, 2.45) is 28.6 Å². The summed E-state index contributed by atoms with van der Waals surface area (Å²) in [4.78, 5) is 73.9. The van der Waals surface area contributed by atoms with Crippen molar-refractivity contribution < 1.29 is 48.8 Å². The number of aliphatic carboxylic acids is 1. The molecular formula is C28H37NO10. The van der Waals surface area contributed by atoms with Crippen molar-refractivity contribution in [2.75, 3.05) is 13.2 Å². The molecule has 4 unspecified atom stereocenters. The van der Waals surface area contributed by atoms with Gasteiger partial charge in [0, 0.05) is 30.6 Å². The number of carbonyl (C=O) groups is 6. The Morgan fingerprint density at radius 2 is 1.82 bits per heavy atom. The summed E-state index contributed by atoms with van der Waals surface area (Å²) in [6.07, 6.45) is 4.10. The summed E-state index contributed by atoms with van der Waals surface area (Å²) in [7, 11) is 0. The summed E-state index contributed by atoms with van der Waals surface area (Å²) in [5.41, 5.74) is -2.20. The highest BCUT2D eigenvalue weighted by Gasteiger charge is 2.68. The van der Waals surface area contributed by atoms with E-state index in [-0.39, 0.29) is 47.6 Å². The van der Waals surface area contributed by atoms with Crippen LogP contribution in [0.15, 0.2) is 11.6 Å².